The first-order chi connectivity index (χ1) is 22.9. The van der Waals surface area contributed by atoms with Gasteiger partial charge in [0.15, 0.2) is 0 Å². The highest BCUT2D eigenvalue weighted by molar-refractivity contribution is 5.98. The highest BCUT2D eigenvalue weighted by Gasteiger charge is 2.41. The summed E-state index contributed by atoms with van der Waals surface area (Å²) in [6.45, 7) is 5.28. The molecule has 6 N–H and O–H groups in total. The van der Waals surface area contributed by atoms with Crippen molar-refractivity contribution < 1.29 is 33.9 Å². The molecule has 1 aromatic carbocycles. The van der Waals surface area contributed by atoms with Crippen molar-refractivity contribution >= 4 is 35.4 Å². The predicted molar refractivity (Wildman–Crippen MR) is 175 cm³/mol. The number of benzene rings is 1. The molecule has 2 fully saturated rings. The summed E-state index contributed by atoms with van der Waals surface area (Å²) in [5.41, 5.74) is 0.848. The van der Waals surface area contributed by atoms with Crippen LogP contribution in [-0.2, 0) is 30.4 Å². The van der Waals surface area contributed by atoms with Gasteiger partial charge in [-0.3, -0.25) is 33.8 Å². The van der Waals surface area contributed by atoms with E-state index in [2.05, 4.69) is 31.6 Å². The van der Waals surface area contributed by atoms with Crippen molar-refractivity contribution in [3.8, 4) is 0 Å². The Morgan fingerprint density at radius 1 is 0.938 bits per heavy atom. The Morgan fingerprint density at radius 3 is 2.31 bits per heavy atom. The van der Waals surface area contributed by atoms with E-state index < -0.39 is 71.8 Å². The number of carbonyl (C=O) groups is 6. The molecule has 6 amide bonds. The number of aromatic nitrogens is 1. The molecule has 2 aliphatic heterocycles. The second-order valence-corrected chi connectivity index (χ2v) is 12.7. The molecule has 4 rings (SSSR count). The van der Waals surface area contributed by atoms with E-state index in [4.69, 9.17) is 0 Å². The molecule has 3 heterocycles. The van der Waals surface area contributed by atoms with Crippen LogP contribution >= 0.6 is 0 Å². The number of nitrogens with zero attached hydrogens (tertiary/aromatic N) is 2. The second kappa shape index (κ2) is 16.8. The average molecular weight is 664 g/mol. The highest BCUT2D eigenvalue weighted by atomic mass is 16.3. The Morgan fingerprint density at radius 2 is 1.62 bits per heavy atom. The number of amides is 6. The van der Waals surface area contributed by atoms with Crippen LogP contribution in [0.4, 0.5) is 0 Å². The highest BCUT2D eigenvalue weighted by Crippen LogP contribution is 2.20. The predicted octanol–water partition coefficient (Wildman–Crippen LogP) is -0.185. The lowest BCUT2D eigenvalue weighted by Gasteiger charge is -2.29. The quantitative estimate of drug-likeness (QED) is 0.244. The Labute approximate surface area is 279 Å². The van der Waals surface area contributed by atoms with Gasteiger partial charge in [0.05, 0.1) is 6.10 Å². The number of pyridine rings is 1. The maximum Gasteiger partial charge on any atom is 0.270 e. The van der Waals surface area contributed by atoms with Crippen LogP contribution < -0.4 is 26.6 Å². The van der Waals surface area contributed by atoms with Crippen molar-refractivity contribution in [3.63, 3.8) is 0 Å². The smallest absolute Gasteiger partial charge is 0.270 e. The molecule has 0 radical (unpaired) electrons. The van der Waals surface area contributed by atoms with Crippen LogP contribution in [0.15, 0.2) is 54.7 Å². The summed E-state index contributed by atoms with van der Waals surface area (Å²) >= 11 is 0. The number of aliphatic hydroxyl groups excluding tert-OH is 1. The number of rotatable bonds is 6. The summed E-state index contributed by atoms with van der Waals surface area (Å²) < 4.78 is 0. The summed E-state index contributed by atoms with van der Waals surface area (Å²) in [6, 6.07) is 8.55. The van der Waals surface area contributed by atoms with Gasteiger partial charge in [-0.25, -0.2) is 0 Å². The first-order valence-corrected chi connectivity index (χ1v) is 16.4. The third-order valence-electron chi connectivity index (χ3n) is 8.34. The summed E-state index contributed by atoms with van der Waals surface area (Å²) in [4.78, 5) is 86.2. The van der Waals surface area contributed by atoms with Crippen LogP contribution in [0.2, 0.25) is 0 Å². The fourth-order valence-electron chi connectivity index (χ4n) is 5.87. The van der Waals surface area contributed by atoms with E-state index in [1.807, 2.05) is 32.0 Å². The zero-order chi connectivity index (χ0) is 34.8. The Bertz CT molecular complexity index is 1460. The number of aliphatic hydroxyl groups is 1. The summed E-state index contributed by atoms with van der Waals surface area (Å²) in [6.07, 6.45) is 1.24. The van der Waals surface area contributed by atoms with Gasteiger partial charge < -0.3 is 36.6 Å². The minimum atomic E-state index is -1.12. The van der Waals surface area contributed by atoms with E-state index in [1.54, 1.807) is 24.3 Å². The second-order valence-electron chi connectivity index (χ2n) is 12.7. The molecule has 6 atom stereocenters. The summed E-state index contributed by atoms with van der Waals surface area (Å²) in [5.74, 6) is -3.49. The topological polar surface area (TPSA) is 199 Å². The van der Waals surface area contributed by atoms with E-state index in [9.17, 15) is 33.9 Å². The van der Waals surface area contributed by atoms with E-state index in [1.165, 1.54) is 24.1 Å². The van der Waals surface area contributed by atoms with Gasteiger partial charge >= 0.3 is 0 Å². The van der Waals surface area contributed by atoms with E-state index >= 15 is 0 Å². The van der Waals surface area contributed by atoms with Gasteiger partial charge in [-0.15, -0.1) is 0 Å². The molecule has 1 aromatic heterocycles. The number of hydrogen-bond acceptors (Lipinski definition) is 8. The number of carbonyl (C=O) groups excluding carboxylic acids is 6. The van der Waals surface area contributed by atoms with Crippen molar-refractivity contribution in [3.05, 3.63) is 66.0 Å². The molecule has 258 valence electrons. The van der Waals surface area contributed by atoms with Gasteiger partial charge in [-0.1, -0.05) is 50.2 Å². The van der Waals surface area contributed by atoms with E-state index in [-0.39, 0.29) is 56.8 Å². The fraction of sp³-hybridized carbons (Fsp3) is 0.500. The number of hydrogen-bond donors (Lipinski definition) is 6. The minimum absolute atomic E-state index is 0.0260. The molecule has 0 unspecified atom stereocenters. The average Bonchev–Trinajstić information content (AvgIpc) is 3.46. The van der Waals surface area contributed by atoms with E-state index in [0.29, 0.717) is 0 Å². The molecule has 2 aliphatic rings. The lowest BCUT2D eigenvalue weighted by molar-refractivity contribution is -0.141. The summed E-state index contributed by atoms with van der Waals surface area (Å²) in [5, 5.41) is 24.0. The first-order valence-electron chi connectivity index (χ1n) is 16.4. The number of fused-ring (bicyclic) bond motifs is 1. The Hall–Kier alpha value is -4.85. The van der Waals surface area contributed by atoms with Crippen molar-refractivity contribution in [1.82, 2.24) is 36.5 Å². The molecular formula is C34H45N7O7. The first kappa shape index (κ1) is 36.0. The lowest BCUT2D eigenvalue weighted by atomic mass is 10.00. The van der Waals surface area contributed by atoms with Gasteiger partial charge in [-0.2, -0.15) is 0 Å². The largest absolute Gasteiger partial charge is 0.391 e. The molecule has 0 spiro atoms. The zero-order valence-electron chi connectivity index (χ0n) is 27.5. The monoisotopic (exact) mass is 663 g/mol. The van der Waals surface area contributed by atoms with Crippen molar-refractivity contribution in [1.29, 1.82) is 0 Å². The summed E-state index contributed by atoms with van der Waals surface area (Å²) in [7, 11) is 0. The SMILES string of the molecule is CC(C)C[C@@H]1NC(=O)[C@@H](Cc2ccccc2)NC(=O)[C@@H](NC(=O)c2ccccn2)CCCNC(=O)[C@@H]2C[C@@H](O)CN2C(=O)[C@H](C)NC1=O. The van der Waals surface area contributed by atoms with Crippen LogP contribution in [-0.4, -0.2) is 99.8 Å². The zero-order valence-corrected chi connectivity index (χ0v) is 27.5. The fourth-order valence-corrected chi connectivity index (χ4v) is 5.87. The Kier molecular flexibility index (Phi) is 12.6. The normalized spacial score (nSPS) is 26.4. The third-order valence-corrected chi connectivity index (χ3v) is 8.34. The van der Waals surface area contributed by atoms with Crippen molar-refractivity contribution in [2.75, 3.05) is 13.1 Å². The number of nitrogens with one attached hydrogen (secondary N) is 5. The minimum Gasteiger partial charge on any atom is -0.391 e. The van der Waals surface area contributed by atoms with Crippen LogP contribution in [0.5, 0.6) is 0 Å². The molecule has 48 heavy (non-hydrogen) atoms. The molecule has 2 aromatic rings. The van der Waals surface area contributed by atoms with Gasteiger partial charge in [0.2, 0.25) is 29.5 Å². The van der Waals surface area contributed by atoms with E-state index in [0.717, 1.165) is 5.56 Å². The standard InChI is InChI=1S/C34H45N7O7/c1-20(2)16-26-31(45)37-21(3)34(48)41-19-23(42)18-28(41)33(47)36-15-9-13-25(38-29(43)24-12-7-8-14-35-24)30(44)40-27(32(46)39-26)17-22-10-5-4-6-11-22/h4-8,10-12,14,20-21,23,25-28,42H,9,13,15-19H2,1-3H3,(H,36,47)(H,37,45)(H,38,43)(H,39,46)(H,40,44)/t21-,23+,25-,26-,27+,28-/m0/s1. The molecular weight excluding hydrogens is 618 g/mol. The molecule has 2 saturated heterocycles. The van der Waals surface area contributed by atoms with Gasteiger partial charge in [0.1, 0.15) is 35.9 Å². The van der Waals surface area contributed by atoms with Gasteiger partial charge in [-0.05, 0) is 49.8 Å². The van der Waals surface area contributed by atoms with Crippen LogP contribution in [0.1, 0.15) is 62.5 Å². The molecule has 0 bridgehead atoms. The van der Waals surface area contributed by atoms with Crippen molar-refractivity contribution in [2.45, 2.75) is 89.2 Å². The molecule has 0 aliphatic carbocycles. The van der Waals surface area contributed by atoms with Crippen LogP contribution in [0.25, 0.3) is 0 Å². The van der Waals surface area contributed by atoms with Crippen molar-refractivity contribution in [2.24, 2.45) is 5.92 Å². The Balaban J connectivity index is 1.66. The maximum atomic E-state index is 13.9. The van der Waals surface area contributed by atoms with Crippen LogP contribution in [0.3, 0.4) is 0 Å². The lowest BCUT2D eigenvalue weighted by Crippen LogP contribution is -2.59. The molecule has 14 nitrogen and oxygen atoms in total. The molecule has 0 saturated carbocycles. The maximum absolute atomic E-state index is 13.9. The third kappa shape index (κ3) is 9.83. The van der Waals surface area contributed by atoms with Crippen LogP contribution in [0, 0.1) is 5.92 Å². The molecule has 14 heteroatoms. The van der Waals surface area contributed by atoms with Gasteiger partial charge in [0.25, 0.3) is 5.91 Å². The van der Waals surface area contributed by atoms with Gasteiger partial charge in [0, 0.05) is 32.1 Å².